The number of nitrogens with one attached hydrogen (secondary N) is 1. The molecule has 0 radical (unpaired) electrons. The number of nitrogens with zero attached hydrogens (tertiary/aromatic N) is 1. The number of sulfonamides is 1. The normalized spacial score (nSPS) is 20.9. The van der Waals surface area contributed by atoms with Crippen molar-refractivity contribution < 1.29 is 26.4 Å². The number of halogens is 3. The van der Waals surface area contributed by atoms with Crippen molar-refractivity contribution in [3.8, 4) is 0 Å². The molecule has 2 rings (SSSR count). The van der Waals surface area contributed by atoms with Crippen molar-refractivity contribution in [1.29, 1.82) is 0 Å². The number of benzene rings is 1. The number of amides is 1. The number of carbonyl (C=O) groups excluding carboxylic acids is 1. The van der Waals surface area contributed by atoms with Gasteiger partial charge in [-0.3, -0.25) is 4.79 Å². The first kappa shape index (κ1) is 22.7. The van der Waals surface area contributed by atoms with Gasteiger partial charge in [-0.05, 0) is 30.5 Å². The lowest BCUT2D eigenvalue weighted by molar-refractivity contribution is -0.198. The number of hydrogen-bond donors (Lipinski definition) is 1. The second kappa shape index (κ2) is 9.26. The van der Waals surface area contributed by atoms with Crippen LogP contribution >= 0.6 is 0 Å². The van der Waals surface area contributed by atoms with Gasteiger partial charge in [-0.1, -0.05) is 38.8 Å². The average Bonchev–Trinajstić information content (AvgIpc) is 2.66. The summed E-state index contributed by atoms with van der Waals surface area (Å²) in [5.74, 6) is -3.25. The molecule has 2 unspecified atom stereocenters. The molecule has 0 heterocycles. The SMILES string of the molecule is CCN(CC)S(=O)(=O)c1ccc(CNC(=O)C2CCCCC2C(F)(F)F)cc1. The maximum absolute atomic E-state index is 13.2. The molecule has 5 nitrogen and oxygen atoms in total. The number of rotatable bonds is 7. The minimum atomic E-state index is -4.37. The fourth-order valence-electron chi connectivity index (χ4n) is 3.65. The van der Waals surface area contributed by atoms with Crippen LogP contribution in [0.4, 0.5) is 13.2 Å². The molecule has 0 bridgehead atoms. The first-order chi connectivity index (χ1) is 13.1. The Kier molecular flexibility index (Phi) is 7.50. The number of hydrogen-bond acceptors (Lipinski definition) is 3. The van der Waals surface area contributed by atoms with E-state index in [0.717, 1.165) is 0 Å². The molecule has 0 aromatic heterocycles. The number of alkyl halides is 3. The molecular formula is C19H27F3N2O3S. The van der Waals surface area contributed by atoms with Gasteiger partial charge in [0.25, 0.3) is 0 Å². The smallest absolute Gasteiger partial charge is 0.352 e. The lowest BCUT2D eigenvalue weighted by atomic mass is 9.78. The van der Waals surface area contributed by atoms with Crippen LogP contribution in [0.3, 0.4) is 0 Å². The van der Waals surface area contributed by atoms with Crippen LogP contribution in [0.2, 0.25) is 0 Å². The van der Waals surface area contributed by atoms with Crippen LogP contribution in [0, 0.1) is 11.8 Å². The molecule has 1 fully saturated rings. The van der Waals surface area contributed by atoms with Crippen molar-refractivity contribution in [2.45, 2.75) is 57.1 Å². The maximum Gasteiger partial charge on any atom is 0.392 e. The van der Waals surface area contributed by atoms with Crippen LogP contribution in [0.1, 0.15) is 45.1 Å². The Balaban J connectivity index is 2.02. The zero-order valence-corrected chi connectivity index (χ0v) is 16.9. The Bertz CT molecular complexity index is 760. The molecule has 158 valence electrons. The Morgan fingerprint density at radius 1 is 1.11 bits per heavy atom. The Morgan fingerprint density at radius 2 is 1.68 bits per heavy atom. The third-order valence-corrected chi connectivity index (χ3v) is 7.32. The standard InChI is InChI=1S/C19H27F3N2O3S/c1-3-24(4-2)28(26,27)15-11-9-14(10-12-15)13-23-18(25)16-7-5-6-8-17(16)19(20,21)22/h9-12,16-17H,3-8,13H2,1-2H3,(H,23,25). The third-order valence-electron chi connectivity index (χ3n) is 5.26. The van der Waals surface area contributed by atoms with E-state index in [4.69, 9.17) is 0 Å². The fourth-order valence-corrected chi connectivity index (χ4v) is 5.11. The van der Waals surface area contributed by atoms with Crippen LogP contribution < -0.4 is 5.32 Å². The van der Waals surface area contributed by atoms with Gasteiger partial charge in [-0.25, -0.2) is 8.42 Å². The molecule has 2 atom stereocenters. The van der Waals surface area contributed by atoms with Crippen LogP contribution in [-0.4, -0.2) is 37.9 Å². The summed E-state index contributed by atoms with van der Waals surface area (Å²) >= 11 is 0. The molecule has 0 saturated heterocycles. The van der Waals surface area contributed by atoms with E-state index >= 15 is 0 Å². The molecule has 1 amide bonds. The monoisotopic (exact) mass is 420 g/mol. The predicted molar refractivity (Wildman–Crippen MR) is 99.9 cm³/mol. The minimum absolute atomic E-state index is 0.0144. The Hall–Kier alpha value is -1.61. The highest BCUT2D eigenvalue weighted by Crippen LogP contribution is 2.41. The van der Waals surface area contributed by atoms with Crippen molar-refractivity contribution >= 4 is 15.9 Å². The molecule has 1 aliphatic carbocycles. The van der Waals surface area contributed by atoms with Crippen molar-refractivity contribution in [2.75, 3.05) is 13.1 Å². The summed E-state index contributed by atoms with van der Waals surface area (Å²) in [6.07, 6.45) is -3.06. The van der Waals surface area contributed by atoms with E-state index in [1.54, 1.807) is 26.0 Å². The Labute approximate surface area is 164 Å². The maximum atomic E-state index is 13.2. The lowest BCUT2D eigenvalue weighted by Crippen LogP contribution is -2.42. The van der Waals surface area contributed by atoms with Gasteiger partial charge in [0.05, 0.1) is 10.8 Å². The average molecular weight is 420 g/mol. The summed E-state index contributed by atoms with van der Waals surface area (Å²) in [7, 11) is -3.57. The molecule has 1 N–H and O–H groups in total. The summed E-state index contributed by atoms with van der Waals surface area (Å²) < 4.78 is 65.7. The van der Waals surface area contributed by atoms with Gasteiger partial charge in [0.2, 0.25) is 15.9 Å². The zero-order valence-electron chi connectivity index (χ0n) is 16.1. The molecule has 28 heavy (non-hydrogen) atoms. The third kappa shape index (κ3) is 5.26. The zero-order chi connectivity index (χ0) is 20.9. The van der Waals surface area contributed by atoms with Gasteiger partial charge in [0, 0.05) is 25.6 Å². The lowest BCUT2D eigenvalue weighted by Gasteiger charge is -2.32. The summed E-state index contributed by atoms with van der Waals surface area (Å²) in [6, 6.07) is 6.04. The second-order valence-electron chi connectivity index (χ2n) is 6.99. The topological polar surface area (TPSA) is 66.5 Å². The highest BCUT2D eigenvalue weighted by molar-refractivity contribution is 7.89. The largest absolute Gasteiger partial charge is 0.392 e. The second-order valence-corrected chi connectivity index (χ2v) is 8.93. The van der Waals surface area contributed by atoms with Gasteiger partial charge < -0.3 is 5.32 Å². The number of carbonyl (C=O) groups is 1. The van der Waals surface area contributed by atoms with Crippen LogP contribution in [0.15, 0.2) is 29.2 Å². The minimum Gasteiger partial charge on any atom is -0.352 e. The molecule has 0 spiro atoms. The van der Waals surface area contributed by atoms with E-state index in [0.29, 0.717) is 31.5 Å². The van der Waals surface area contributed by atoms with Crippen LogP contribution in [0.5, 0.6) is 0 Å². The van der Waals surface area contributed by atoms with Gasteiger partial charge in [-0.15, -0.1) is 0 Å². The quantitative estimate of drug-likeness (QED) is 0.731. The van der Waals surface area contributed by atoms with E-state index in [1.807, 2.05) is 0 Å². The molecule has 1 saturated carbocycles. The first-order valence-electron chi connectivity index (χ1n) is 9.54. The van der Waals surface area contributed by atoms with Crippen molar-refractivity contribution in [2.24, 2.45) is 11.8 Å². The van der Waals surface area contributed by atoms with E-state index in [9.17, 15) is 26.4 Å². The summed E-state index contributed by atoms with van der Waals surface area (Å²) in [6.45, 7) is 4.29. The van der Waals surface area contributed by atoms with E-state index in [2.05, 4.69) is 5.32 Å². The van der Waals surface area contributed by atoms with Gasteiger partial charge >= 0.3 is 6.18 Å². The van der Waals surface area contributed by atoms with E-state index < -0.39 is 33.9 Å². The molecule has 1 aliphatic rings. The highest BCUT2D eigenvalue weighted by atomic mass is 32.2. The summed E-state index contributed by atoms with van der Waals surface area (Å²) in [5.41, 5.74) is 0.631. The molecule has 9 heteroatoms. The Morgan fingerprint density at radius 3 is 2.21 bits per heavy atom. The molecule has 1 aromatic carbocycles. The van der Waals surface area contributed by atoms with Crippen molar-refractivity contribution in [1.82, 2.24) is 9.62 Å². The van der Waals surface area contributed by atoms with Crippen LogP contribution in [-0.2, 0) is 21.4 Å². The van der Waals surface area contributed by atoms with Crippen molar-refractivity contribution in [3.05, 3.63) is 29.8 Å². The van der Waals surface area contributed by atoms with E-state index in [1.165, 1.54) is 16.4 Å². The summed E-state index contributed by atoms with van der Waals surface area (Å²) in [5, 5.41) is 2.58. The predicted octanol–water partition coefficient (Wildman–Crippen LogP) is 3.70. The van der Waals surface area contributed by atoms with Crippen molar-refractivity contribution in [3.63, 3.8) is 0 Å². The van der Waals surface area contributed by atoms with Gasteiger partial charge in [-0.2, -0.15) is 17.5 Å². The van der Waals surface area contributed by atoms with Crippen LogP contribution in [0.25, 0.3) is 0 Å². The molecule has 1 aromatic rings. The first-order valence-corrected chi connectivity index (χ1v) is 11.0. The highest BCUT2D eigenvalue weighted by Gasteiger charge is 2.47. The fraction of sp³-hybridized carbons (Fsp3) is 0.632. The molecule has 0 aliphatic heterocycles. The molecular weight excluding hydrogens is 393 g/mol. The van der Waals surface area contributed by atoms with Gasteiger partial charge in [0.15, 0.2) is 0 Å². The van der Waals surface area contributed by atoms with E-state index in [-0.39, 0.29) is 24.3 Å². The summed E-state index contributed by atoms with van der Waals surface area (Å²) in [4.78, 5) is 12.5. The van der Waals surface area contributed by atoms with Gasteiger partial charge in [0.1, 0.15) is 0 Å².